The molecule has 1 aliphatic carbocycles. The van der Waals surface area contributed by atoms with Crippen molar-refractivity contribution >= 4 is 5.78 Å². The summed E-state index contributed by atoms with van der Waals surface area (Å²) in [7, 11) is 0. The van der Waals surface area contributed by atoms with Gasteiger partial charge in [-0.2, -0.15) is 0 Å². The summed E-state index contributed by atoms with van der Waals surface area (Å²) in [4.78, 5) is 11.8. The molecule has 1 aromatic rings. The Labute approximate surface area is 89.3 Å². The predicted octanol–water partition coefficient (Wildman–Crippen LogP) is 2.96. The molecule has 0 spiro atoms. The van der Waals surface area contributed by atoms with Crippen LogP contribution in [0.2, 0.25) is 0 Å². The first-order valence-electron chi connectivity index (χ1n) is 5.35. The van der Waals surface area contributed by atoms with Gasteiger partial charge in [0.25, 0.3) is 0 Å². The lowest BCUT2D eigenvalue weighted by Gasteiger charge is -2.24. The number of carbonyl (C=O) groups excluding carboxylic acids is 1. The topological polar surface area (TPSA) is 17.1 Å². The molecule has 80 valence electrons. The lowest BCUT2D eigenvalue weighted by molar-refractivity contribution is -0.122. The van der Waals surface area contributed by atoms with Crippen molar-refractivity contribution in [2.24, 2.45) is 0 Å². The van der Waals surface area contributed by atoms with Crippen molar-refractivity contribution in [3.05, 3.63) is 35.4 Å². The van der Waals surface area contributed by atoms with Crippen molar-refractivity contribution in [1.82, 2.24) is 0 Å². The van der Waals surface area contributed by atoms with Gasteiger partial charge in [-0.1, -0.05) is 29.8 Å². The van der Waals surface area contributed by atoms with E-state index in [1.807, 2.05) is 31.2 Å². The smallest absolute Gasteiger partial charge is 0.146 e. The molecular formula is C13H15FO. The van der Waals surface area contributed by atoms with Gasteiger partial charge in [0.2, 0.25) is 0 Å². The summed E-state index contributed by atoms with van der Waals surface area (Å²) in [6, 6.07) is 7.66. The molecule has 1 nitrogen and oxygen atoms in total. The van der Waals surface area contributed by atoms with E-state index in [-0.39, 0.29) is 5.78 Å². The van der Waals surface area contributed by atoms with Crippen molar-refractivity contribution in [2.75, 3.05) is 6.67 Å². The molecule has 0 amide bonds. The number of benzene rings is 1. The molecule has 1 unspecified atom stereocenters. The van der Waals surface area contributed by atoms with Crippen molar-refractivity contribution in [3.63, 3.8) is 0 Å². The third-order valence-corrected chi connectivity index (χ3v) is 3.37. The first-order chi connectivity index (χ1) is 7.19. The van der Waals surface area contributed by atoms with Crippen LogP contribution in [-0.2, 0) is 10.2 Å². The molecule has 0 aromatic heterocycles. The van der Waals surface area contributed by atoms with Gasteiger partial charge in [-0.15, -0.1) is 0 Å². The second-order valence-corrected chi connectivity index (χ2v) is 4.36. The second-order valence-electron chi connectivity index (χ2n) is 4.36. The summed E-state index contributed by atoms with van der Waals surface area (Å²) in [6.45, 7) is 1.43. The van der Waals surface area contributed by atoms with Crippen LogP contribution in [0.3, 0.4) is 0 Å². The highest BCUT2D eigenvalue weighted by atomic mass is 19.1. The zero-order valence-electron chi connectivity index (χ0n) is 8.92. The number of aryl methyl sites for hydroxylation is 1. The SMILES string of the molecule is Cc1ccc(C2(CF)CCCC2=O)cc1. The van der Waals surface area contributed by atoms with Gasteiger partial charge in [0.1, 0.15) is 12.5 Å². The Bertz CT molecular complexity index is 369. The molecule has 2 heteroatoms. The fourth-order valence-corrected chi connectivity index (χ4v) is 2.33. The highest BCUT2D eigenvalue weighted by Gasteiger charge is 2.43. The molecule has 1 atom stereocenters. The molecule has 1 fully saturated rings. The average Bonchev–Trinajstić information content (AvgIpc) is 2.62. The Morgan fingerprint density at radius 2 is 2.00 bits per heavy atom. The Hall–Kier alpha value is -1.18. The second kappa shape index (κ2) is 3.76. The Morgan fingerprint density at radius 1 is 1.33 bits per heavy atom. The number of Topliss-reactive ketones (excluding diaryl/α,β-unsaturated/α-hetero) is 1. The Morgan fingerprint density at radius 3 is 2.47 bits per heavy atom. The molecule has 0 radical (unpaired) electrons. The number of hydrogen-bond acceptors (Lipinski definition) is 1. The molecule has 1 aromatic carbocycles. The number of carbonyl (C=O) groups is 1. The van der Waals surface area contributed by atoms with E-state index in [0.717, 1.165) is 17.5 Å². The lowest BCUT2D eigenvalue weighted by atomic mass is 9.79. The quantitative estimate of drug-likeness (QED) is 0.727. The monoisotopic (exact) mass is 206 g/mol. The molecule has 1 saturated carbocycles. The van der Waals surface area contributed by atoms with Crippen molar-refractivity contribution in [3.8, 4) is 0 Å². The van der Waals surface area contributed by atoms with Crippen LogP contribution in [0.15, 0.2) is 24.3 Å². The standard InChI is InChI=1S/C13H15FO/c1-10-4-6-11(7-5-10)13(9-14)8-2-3-12(13)15/h4-7H,2-3,8-9H2,1H3. The average molecular weight is 206 g/mol. The summed E-state index contributed by atoms with van der Waals surface area (Å²) in [6.07, 6.45) is 2.00. The van der Waals surface area contributed by atoms with E-state index in [4.69, 9.17) is 0 Å². The minimum atomic E-state index is -0.826. The number of ketones is 1. The molecule has 0 saturated heterocycles. The first kappa shape index (κ1) is 10.3. The van der Waals surface area contributed by atoms with Gasteiger partial charge in [-0.25, -0.2) is 4.39 Å². The van der Waals surface area contributed by atoms with E-state index in [1.54, 1.807) is 0 Å². The van der Waals surface area contributed by atoms with Crippen LogP contribution in [0.5, 0.6) is 0 Å². The third-order valence-electron chi connectivity index (χ3n) is 3.37. The molecule has 0 aliphatic heterocycles. The zero-order valence-corrected chi connectivity index (χ0v) is 8.92. The van der Waals surface area contributed by atoms with E-state index in [1.165, 1.54) is 0 Å². The molecule has 15 heavy (non-hydrogen) atoms. The van der Waals surface area contributed by atoms with Crippen LogP contribution in [0.4, 0.5) is 4.39 Å². The van der Waals surface area contributed by atoms with E-state index in [0.29, 0.717) is 12.8 Å². The summed E-state index contributed by atoms with van der Waals surface area (Å²) in [5.74, 6) is 0.0638. The summed E-state index contributed by atoms with van der Waals surface area (Å²) in [5, 5.41) is 0. The molecule has 0 bridgehead atoms. The summed E-state index contributed by atoms with van der Waals surface area (Å²) >= 11 is 0. The van der Waals surface area contributed by atoms with Gasteiger partial charge in [0, 0.05) is 6.42 Å². The highest BCUT2D eigenvalue weighted by molar-refractivity contribution is 5.92. The number of halogens is 1. The maximum absolute atomic E-state index is 13.2. The number of hydrogen-bond donors (Lipinski definition) is 0. The number of rotatable bonds is 2. The minimum absolute atomic E-state index is 0.0638. The van der Waals surface area contributed by atoms with E-state index >= 15 is 0 Å². The van der Waals surface area contributed by atoms with E-state index in [2.05, 4.69) is 0 Å². The Balaban J connectivity index is 2.42. The normalized spacial score (nSPS) is 25.9. The largest absolute Gasteiger partial charge is 0.299 e. The van der Waals surface area contributed by atoms with Gasteiger partial charge in [0.15, 0.2) is 0 Å². The highest BCUT2D eigenvalue weighted by Crippen LogP contribution is 2.38. The van der Waals surface area contributed by atoms with E-state index < -0.39 is 12.1 Å². The molecule has 1 aliphatic rings. The lowest BCUT2D eigenvalue weighted by Crippen LogP contribution is -2.33. The van der Waals surface area contributed by atoms with Crippen LogP contribution in [0.25, 0.3) is 0 Å². The minimum Gasteiger partial charge on any atom is -0.299 e. The van der Waals surface area contributed by atoms with Gasteiger partial charge < -0.3 is 0 Å². The third kappa shape index (κ3) is 1.58. The molecule has 0 N–H and O–H groups in total. The van der Waals surface area contributed by atoms with Crippen molar-refractivity contribution in [1.29, 1.82) is 0 Å². The zero-order chi connectivity index (χ0) is 10.9. The van der Waals surface area contributed by atoms with Crippen LogP contribution >= 0.6 is 0 Å². The fourth-order valence-electron chi connectivity index (χ4n) is 2.33. The van der Waals surface area contributed by atoms with Gasteiger partial charge in [0.05, 0.1) is 5.41 Å². The number of alkyl halides is 1. The van der Waals surface area contributed by atoms with E-state index in [9.17, 15) is 9.18 Å². The molecule has 0 heterocycles. The van der Waals surface area contributed by atoms with Crippen molar-refractivity contribution < 1.29 is 9.18 Å². The summed E-state index contributed by atoms with van der Waals surface area (Å²) in [5.41, 5.74) is 1.16. The fraction of sp³-hybridized carbons (Fsp3) is 0.462. The van der Waals surface area contributed by atoms with Crippen LogP contribution in [0, 0.1) is 6.92 Å². The summed E-state index contributed by atoms with van der Waals surface area (Å²) < 4.78 is 13.2. The molecular weight excluding hydrogens is 191 g/mol. The molecule has 2 rings (SSSR count). The van der Waals surface area contributed by atoms with Gasteiger partial charge in [-0.3, -0.25) is 4.79 Å². The maximum Gasteiger partial charge on any atom is 0.146 e. The first-order valence-corrected chi connectivity index (χ1v) is 5.35. The predicted molar refractivity (Wildman–Crippen MR) is 57.7 cm³/mol. The van der Waals surface area contributed by atoms with Gasteiger partial charge in [-0.05, 0) is 25.3 Å². The van der Waals surface area contributed by atoms with Crippen LogP contribution in [-0.4, -0.2) is 12.5 Å². The van der Waals surface area contributed by atoms with Crippen LogP contribution < -0.4 is 0 Å². The van der Waals surface area contributed by atoms with Crippen molar-refractivity contribution in [2.45, 2.75) is 31.6 Å². The maximum atomic E-state index is 13.2. The van der Waals surface area contributed by atoms with Crippen LogP contribution in [0.1, 0.15) is 30.4 Å². The van der Waals surface area contributed by atoms with Gasteiger partial charge >= 0.3 is 0 Å². The Kier molecular flexibility index (Phi) is 2.59.